The van der Waals surface area contributed by atoms with Gasteiger partial charge in [0.25, 0.3) is 0 Å². The molecule has 0 saturated carbocycles. The Morgan fingerprint density at radius 3 is 2.72 bits per heavy atom. The van der Waals surface area contributed by atoms with Gasteiger partial charge in [0, 0.05) is 17.1 Å². The summed E-state index contributed by atoms with van der Waals surface area (Å²) in [6.45, 7) is 3.92. The Morgan fingerprint density at radius 2 is 2.17 bits per heavy atom. The number of carbonyl (C=O) groups excluding carboxylic acids is 1. The van der Waals surface area contributed by atoms with Crippen molar-refractivity contribution in [2.45, 2.75) is 19.4 Å². The molecule has 1 aromatic rings. The van der Waals surface area contributed by atoms with E-state index in [1.165, 1.54) is 0 Å². The molecule has 2 rings (SSSR count). The molecule has 0 aromatic heterocycles. The summed E-state index contributed by atoms with van der Waals surface area (Å²) < 4.78 is 0. The van der Waals surface area contributed by atoms with Crippen LogP contribution in [0.5, 0.6) is 0 Å². The normalized spacial score (nSPS) is 22.1. The molecule has 1 N–H and O–H groups in total. The molecule has 1 fully saturated rings. The van der Waals surface area contributed by atoms with E-state index >= 15 is 0 Å². The predicted octanol–water partition coefficient (Wildman–Crippen LogP) is 2.23. The van der Waals surface area contributed by atoms with Gasteiger partial charge in [-0.1, -0.05) is 11.6 Å². The highest BCUT2D eigenvalue weighted by atomic mass is 35.5. The van der Waals surface area contributed by atoms with Crippen LogP contribution in [0.2, 0.25) is 5.02 Å². The first-order chi connectivity index (χ1) is 8.56. The van der Waals surface area contributed by atoms with Crippen LogP contribution in [-0.4, -0.2) is 41.5 Å². The third-order valence-corrected chi connectivity index (χ3v) is 3.78. The minimum Gasteiger partial charge on any atom is -0.393 e. The summed E-state index contributed by atoms with van der Waals surface area (Å²) in [5.41, 5.74) is 0.694. The van der Waals surface area contributed by atoms with E-state index in [-0.39, 0.29) is 11.9 Å². The third-order valence-electron chi connectivity index (χ3n) is 3.52. The topological polar surface area (TPSA) is 40.5 Å². The lowest BCUT2D eigenvalue weighted by atomic mass is 10.0. The second-order valence-corrected chi connectivity index (χ2v) is 5.39. The minimum absolute atomic E-state index is 0.109. The Bertz CT molecular complexity index is 416. The Labute approximate surface area is 112 Å². The van der Waals surface area contributed by atoms with E-state index in [4.69, 9.17) is 11.6 Å². The average molecular weight is 268 g/mol. The van der Waals surface area contributed by atoms with Gasteiger partial charge in [0.1, 0.15) is 0 Å². The summed E-state index contributed by atoms with van der Waals surface area (Å²) in [7, 11) is 0. The molecule has 0 spiro atoms. The number of carbonyl (C=O) groups is 1. The SMILES string of the molecule is CC(O)C1CCN(CC(=O)c2ccc(Cl)cc2)C1. The van der Waals surface area contributed by atoms with Gasteiger partial charge in [-0.15, -0.1) is 0 Å². The van der Waals surface area contributed by atoms with Gasteiger partial charge in [-0.2, -0.15) is 0 Å². The first-order valence-corrected chi connectivity index (χ1v) is 6.63. The maximum Gasteiger partial charge on any atom is 0.176 e. The van der Waals surface area contributed by atoms with Crippen LogP contribution in [0.4, 0.5) is 0 Å². The maximum atomic E-state index is 12.0. The van der Waals surface area contributed by atoms with Crippen molar-refractivity contribution in [3.05, 3.63) is 34.9 Å². The molecule has 1 saturated heterocycles. The van der Waals surface area contributed by atoms with E-state index in [2.05, 4.69) is 4.90 Å². The van der Waals surface area contributed by atoms with Crippen LogP contribution in [0.15, 0.2) is 24.3 Å². The number of likely N-dealkylation sites (tertiary alicyclic amines) is 1. The van der Waals surface area contributed by atoms with E-state index in [1.54, 1.807) is 24.3 Å². The average Bonchev–Trinajstić information content (AvgIpc) is 2.78. The quantitative estimate of drug-likeness (QED) is 0.851. The smallest absolute Gasteiger partial charge is 0.176 e. The molecule has 2 atom stereocenters. The number of benzene rings is 1. The summed E-state index contributed by atoms with van der Waals surface area (Å²) in [6.07, 6.45) is 0.673. The van der Waals surface area contributed by atoms with Crippen molar-refractivity contribution in [3.63, 3.8) is 0 Å². The van der Waals surface area contributed by atoms with Crippen molar-refractivity contribution in [1.29, 1.82) is 0 Å². The lowest BCUT2D eigenvalue weighted by molar-refractivity contribution is 0.0925. The number of aliphatic hydroxyl groups is 1. The van der Waals surface area contributed by atoms with Crippen molar-refractivity contribution in [1.82, 2.24) is 4.90 Å². The van der Waals surface area contributed by atoms with Crippen molar-refractivity contribution in [2.75, 3.05) is 19.6 Å². The van der Waals surface area contributed by atoms with Crippen molar-refractivity contribution < 1.29 is 9.90 Å². The molecule has 1 aromatic carbocycles. The Kier molecular flexibility index (Phi) is 4.38. The van der Waals surface area contributed by atoms with Crippen LogP contribution in [0.3, 0.4) is 0 Å². The second-order valence-electron chi connectivity index (χ2n) is 4.95. The summed E-state index contributed by atoms with van der Waals surface area (Å²) >= 11 is 5.79. The maximum absolute atomic E-state index is 12.0. The van der Waals surface area contributed by atoms with E-state index in [0.29, 0.717) is 23.0 Å². The van der Waals surface area contributed by atoms with Crippen LogP contribution in [0.1, 0.15) is 23.7 Å². The predicted molar refractivity (Wildman–Crippen MR) is 72.0 cm³/mol. The van der Waals surface area contributed by atoms with Gasteiger partial charge in [0.15, 0.2) is 5.78 Å². The lowest BCUT2D eigenvalue weighted by Gasteiger charge is -2.16. The molecule has 3 nitrogen and oxygen atoms in total. The number of Topliss-reactive ketones (excluding diaryl/α,β-unsaturated/α-hetero) is 1. The molecule has 1 aliphatic rings. The standard InChI is InChI=1S/C14H18ClNO2/c1-10(17)12-6-7-16(8-12)9-14(18)11-2-4-13(15)5-3-11/h2-5,10,12,17H,6-9H2,1H3. The summed E-state index contributed by atoms with van der Waals surface area (Å²) in [6, 6.07) is 6.98. The Balaban J connectivity index is 1.91. The van der Waals surface area contributed by atoms with Crippen molar-refractivity contribution in [2.24, 2.45) is 5.92 Å². The number of hydrogen-bond donors (Lipinski definition) is 1. The number of hydrogen-bond acceptors (Lipinski definition) is 3. The van der Waals surface area contributed by atoms with Gasteiger partial charge in [0.2, 0.25) is 0 Å². The number of halogens is 1. The first-order valence-electron chi connectivity index (χ1n) is 6.25. The molecule has 0 radical (unpaired) electrons. The van der Waals surface area contributed by atoms with Crippen LogP contribution < -0.4 is 0 Å². The highest BCUT2D eigenvalue weighted by Crippen LogP contribution is 2.20. The minimum atomic E-state index is -0.291. The molecule has 98 valence electrons. The highest BCUT2D eigenvalue weighted by Gasteiger charge is 2.27. The monoisotopic (exact) mass is 267 g/mol. The van der Waals surface area contributed by atoms with Crippen LogP contribution in [-0.2, 0) is 0 Å². The van der Waals surface area contributed by atoms with Crippen LogP contribution in [0.25, 0.3) is 0 Å². The fraction of sp³-hybridized carbons (Fsp3) is 0.500. The molecule has 18 heavy (non-hydrogen) atoms. The van der Waals surface area contributed by atoms with Crippen molar-refractivity contribution >= 4 is 17.4 Å². The lowest BCUT2D eigenvalue weighted by Crippen LogP contribution is -2.29. The van der Waals surface area contributed by atoms with Gasteiger partial charge in [-0.25, -0.2) is 0 Å². The fourth-order valence-corrected chi connectivity index (χ4v) is 2.46. The molecule has 0 aliphatic carbocycles. The largest absolute Gasteiger partial charge is 0.393 e. The zero-order valence-electron chi connectivity index (χ0n) is 10.5. The van der Waals surface area contributed by atoms with E-state index in [1.807, 2.05) is 6.92 Å². The molecule has 1 aliphatic heterocycles. The molecule has 1 heterocycles. The van der Waals surface area contributed by atoms with Gasteiger partial charge in [-0.05, 0) is 50.1 Å². The van der Waals surface area contributed by atoms with Crippen LogP contribution in [0, 0.1) is 5.92 Å². The third kappa shape index (κ3) is 3.31. The molecular formula is C14H18ClNO2. The molecule has 2 unspecified atom stereocenters. The van der Waals surface area contributed by atoms with Crippen molar-refractivity contribution in [3.8, 4) is 0 Å². The van der Waals surface area contributed by atoms with Gasteiger partial charge >= 0.3 is 0 Å². The first kappa shape index (κ1) is 13.5. The molecule has 0 amide bonds. The zero-order valence-corrected chi connectivity index (χ0v) is 11.2. The van der Waals surface area contributed by atoms with Gasteiger partial charge in [-0.3, -0.25) is 9.69 Å². The highest BCUT2D eigenvalue weighted by molar-refractivity contribution is 6.30. The summed E-state index contributed by atoms with van der Waals surface area (Å²) in [4.78, 5) is 14.1. The van der Waals surface area contributed by atoms with Gasteiger partial charge < -0.3 is 5.11 Å². The molecule has 0 bridgehead atoms. The number of aliphatic hydroxyl groups excluding tert-OH is 1. The van der Waals surface area contributed by atoms with Gasteiger partial charge in [0.05, 0.1) is 12.6 Å². The molecule has 4 heteroatoms. The zero-order chi connectivity index (χ0) is 13.1. The Hall–Kier alpha value is -0.900. The number of rotatable bonds is 4. The van der Waals surface area contributed by atoms with E-state index < -0.39 is 0 Å². The number of nitrogens with zero attached hydrogens (tertiary/aromatic N) is 1. The fourth-order valence-electron chi connectivity index (χ4n) is 2.33. The summed E-state index contributed by atoms with van der Waals surface area (Å²) in [5, 5.41) is 10.2. The molecular weight excluding hydrogens is 250 g/mol. The van der Waals surface area contributed by atoms with E-state index in [0.717, 1.165) is 19.5 Å². The Morgan fingerprint density at radius 1 is 1.50 bits per heavy atom. The van der Waals surface area contributed by atoms with Crippen LogP contribution >= 0.6 is 11.6 Å². The van der Waals surface area contributed by atoms with E-state index in [9.17, 15) is 9.90 Å². The second kappa shape index (κ2) is 5.83. The number of ketones is 1. The summed E-state index contributed by atoms with van der Waals surface area (Å²) in [5.74, 6) is 0.404.